The van der Waals surface area contributed by atoms with Gasteiger partial charge in [0.05, 0.1) is 5.71 Å². The number of furan rings is 1. The van der Waals surface area contributed by atoms with Crippen LogP contribution >= 0.6 is 0 Å². The van der Waals surface area contributed by atoms with Crippen LogP contribution in [0.2, 0.25) is 0 Å². The molecular formula is C26H28N4O3. The molecule has 3 aromatic rings. The van der Waals surface area contributed by atoms with Crippen LogP contribution in [-0.4, -0.2) is 64.8 Å². The summed E-state index contributed by atoms with van der Waals surface area (Å²) in [5.74, 6) is 0.914. The third-order valence-electron chi connectivity index (χ3n) is 6.92. The lowest BCUT2D eigenvalue weighted by Gasteiger charge is -2.34. The molecule has 1 aliphatic heterocycles. The van der Waals surface area contributed by atoms with Gasteiger partial charge in [-0.3, -0.25) is 9.78 Å². The minimum atomic E-state index is -0.0954. The summed E-state index contributed by atoms with van der Waals surface area (Å²) < 4.78 is 6.26. The molecule has 1 amide bonds. The summed E-state index contributed by atoms with van der Waals surface area (Å²) >= 11 is 0. The van der Waals surface area contributed by atoms with Gasteiger partial charge in [0.25, 0.3) is 5.91 Å². The Labute approximate surface area is 193 Å². The summed E-state index contributed by atoms with van der Waals surface area (Å²) in [6.07, 6.45) is 6.94. The molecule has 0 saturated carbocycles. The van der Waals surface area contributed by atoms with E-state index in [1.165, 1.54) is 0 Å². The van der Waals surface area contributed by atoms with Crippen LogP contribution in [0.15, 0.2) is 58.4 Å². The maximum Gasteiger partial charge on any atom is 0.289 e. The lowest BCUT2D eigenvalue weighted by Crippen LogP contribution is -2.44. The van der Waals surface area contributed by atoms with E-state index in [0.717, 1.165) is 66.6 Å². The number of hydrogen-bond donors (Lipinski definition) is 1. The highest BCUT2D eigenvalue weighted by Crippen LogP contribution is 2.37. The highest BCUT2D eigenvalue weighted by Gasteiger charge is 2.28. The lowest BCUT2D eigenvalue weighted by atomic mass is 9.99. The number of rotatable bonds is 4. The van der Waals surface area contributed by atoms with Crippen LogP contribution < -0.4 is 0 Å². The Morgan fingerprint density at radius 1 is 1.09 bits per heavy atom. The standard InChI is InChI=1S/C26H28N4O3/c1-29-13-9-20(10-14-29)30(2)26(31)24-16-22(17-7-11-27-12-8-17)25(33-24)19-3-5-21-18(15-19)4-6-23(21)28-32/h3,5,7-8,11-12,15-16,20,32H,4,6,9-10,13-14H2,1-2H3/b28-23+. The van der Waals surface area contributed by atoms with Crippen molar-refractivity contribution in [1.82, 2.24) is 14.8 Å². The van der Waals surface area contributed by atoms with E-state index in [0.29, 0.717) is 17.2 Å². The molecule has 0 bridgehead atoms. The maximum atomic E-state index is 13.4. The van der Waals surface area contributed by atoms with Crippen molar-refractivity contribution in [1.29, 1.82) is 0 Å². The van der Waals surface area contributed by atoms with Crippen LogP contribution in [0.5, 0.6) is 0 Å². The summed E-state index contributed by atoms with van der Waals surface area (Å²) in [6, 6.07) is 11.9. The molecule has 1 aliphatic carbocycles. The molecule has 2 aliphatic rings. The molecule has 5 rings (SSSR count). The first kappa shape index (κ1) is 21.4. The molecule has 7 nitrogen and oxygen atoms in total. The largest absolute Gasteiger partial charge is 0.450 e. The summed E-state index contributed by atoms with van der Waals surface area (Å²) in [6.45, 7) is 1.98. The van der Waals surface area contributed by atoms with Gasteiger partial charge in [0.15, 0.2) is 5.76 Å². The summed E-state index contributed by atoms with van der Waals surface area (Å²) in [4.78, 5) is 21.6. The van der Waals surface area contributed by atoms with Crippen LogP contribution in [0.1, 0.15) is 40.9 Å². The Kier molecular flexibility index (Phi) is 5.72. The van der Waals surface area contributed by atoms with Crippen molar-refractivity contribution >= 4 is 11.6 Å². The molecule has 1 fully saturated rings. The maximum absolute atomic E-state index is 13.4. The van der Waals surface area contributed by atoms with Gasteiger partial charge >= 0.3 is 0 Å². The third-order valence-corrected chi connectivity index (χ3v) is 6.92. The monoisotopic (exact) mass is 444 g/mol. The van der Waals surface area contributed by atoms with Crippen molar-refractivity contribution in [3.63, 3.8) is 0 Å². The molecule has 7 heteroatoms. The van der Waals surface area contributed by atoms with Crippen molar-refractivity contribution in [2.45, 2.75) is 31.7 Å². The fraction of sp³-hybridized carbons (Fsp3) is 0.346. The van der Waals surface area contributed by atoms with Gasteiger partial charge in [0, 0.05) is 42.2 Å². The molecular weight excluding hydrogens is 416 g/mol. The average Bonchev–Trinajstić information content (AvgIpc) is 3.48. The second kappa shape index (κ2) is 8.83. The Bertz CT molecular complexity index is 1190. The van der Waals surface area contributed by atoms with E-state index >= 15 is 0 Å². The van der Waals surface area contributed by atoms with Crippen molar-refractivity contribution in [2.24, 2.45) is 5.16 Å². The number of pyridine rings is 1. The van der Waals surface area contributed by atoms with Crippen LogP contribution in [0.25, 0.3) is 22.5 Å². The predicted molar refractivity (Wildman–Crippen MR) is 127 cm³/mol. The Balaban J connectivity index is 1.52. The first-order chi connectivity index (χ1) is 16.0. The van der Waals surface area contributed by atoms with Gasteiger partial charge in [-0.05, 0) is 81.2 Å². The number of fused-ring (bicyclic) bond motifs is 1. The van der Waals surface area contributed by atoms with Crippen molar-refractivity contribution in [3.05, 3.63) is 65.7 Å². The van der Waals surface area contributed by atoms with Gasteiger partial charge in [-0.2, -0.15) is 0 Å². The molecule has 0 unspecified atom stereocenters. The highest BCUT2D eigenvalue weighted by atomic mass is 16.4. The zero-order valence-electron chi connectivity index (χ0n) is 19.0. The van der Waals surface area contributed by atoms with Gasteiger partial charge in [-0.15, -0.1) is 0 Å². The van der Waals surface area contributed by atoms with E-state index in [9.17, 15) is 10.0 Å². The van der Waals surface area contributed by atoms with Crippen LogP contribution in [0, 0.1) is 0 Å². The second-order valence-electron chi connectivity index (χ2n) is 8.96. The zero-order chi connectivity index (χ0) is 22.9. The number of hydrogen-bond acceptors (Lipinski definition) is 6. The number of carbonyl (C=O) groups excluding carboxylic acids is 1. The van der Waals surface area contributed by atoms with E-state index in [4.69, 9.17) is 4.42 Å². The molecule has 0 spiro atoms. The first-order valence-corrected chi connectivity index (χ1v) is 11.4. The minimum absolute atomic E-state index is 0.0954. The van der Waals surface area contributed by atoms with E-state index in [1.54, 1.807) is 12.4 Å². The topological polar surface area (TPSA) is 82.2 Å². The Morgan fingerprint density at radius 2 is 1.85 bits per heavy atom. The number of amides is 1. The van der Waals surface area contributed by atoms with E-state index < -0.39 is 0 Å². The van der Waals surface area contributed by atoms with E-state index in [2.05, 4.69) is 28.2 Å². The number of nitrogens with zero attached hydrogens (tertiary/aromatic N) is 4. The number of likely N-dealkylation sites (tertiary alicyclic amines) is 1. The zero-order valence-corrected chi connectivity index (χ0v) is 19.0. The summed E-state index contributed by atoms with van der Waals surface area (Å²) in [5, 5.41) is 12.7. The van der Waals surface area contributed by atoms with Crippen molar-refractivity contribution < 1.29 is 14.4 Å². The molecule has 170 valence electrons. The van der Waals surface area contributed by atoms with Crippen LogP contribution in [0.3, 0.4) is 0 Å². The van der Waals surface area contributed by atoms with Gasteiger partial charge in [0.2, 0.25) is 0 Å². The minimum Gasteiger partial charge on any atom is -0.450 e. The van der Waals surface area contributed by atoms with Crippen molar-refractivity contribution in [3.8, 4) is 22.5 Å². The summed E-state index contributed by atoms with van der Waals surface area (Å²) in [7, 11) is 3.99. The lowest BCUT2D eigenvalue weighted by molar-refractivity contribution is 0.0629. The third kappa shape index (κ3) is 4.04. The quantitative estimate of drug-likeness (QED) is 0.479. The number of piperidine rings is 1. The average molecular weight is 445 g/mol. The van der Waals surface area contributed by atoms with E-state index in [-0.39, 0.29) is 11.9 Å². The van der Waals surface area contributed by atoms with Crippen LogP contribution in [0.4, 0.5) is 0 Å². The normalized spacial score (nSPS) is 17.9. The molecule has 1 N–H and O–H groups in total. The van der Waals surface area contributed by atoms with Gasteiger partial charge in [0.1, 0.15) is 5.76 Å². The van der Waals surface area contributed by atoms with Gasteiger partial charge < -0.3 is 19.4 Å². The fourth-order valence-electron chi connectivity index (χ4n) is 4.89. The molecule has 1 saturated heterocycles. The molecule has 0 radical (unpaired) electrons. The smallest absolute Gasteiger partial charge is 0.289 e. The fourth-order valence-corrected chi connectivity index (χ4v) is 4.89. The number of benzene rings is 1. The number of aromatic nitrogens is 1. The second-order valence-corrected chi connectivity index (χ2v) is 8.96. The number of oxime groups is 1. The summed E-state index contributed by atoms with van der Waals surface area (Å²) in [5.41, 5.74) is 5.52. The van der Waals surface area contributed by atoms with Gasteiger partial charge in [-0.1, -0.05) is 17.3 Å². The molecule has 1 aromatic carbocycles. The SMILES string of the molecule is CN1CCC(N(C)C(=O)c2cc(-c3ccncc3)c(-c3ccc4c(c3)CC/C4=N\O)o2)CC1. The molecule has 0 atom stereocenters. The predicted octanol–water partition coefficient (Wildman–Crippen LogP) is 4.30. The van der Waals surface area contributed by atoms with Gasteiger partial charge in [-0.25, -0.2) is 0 Å². The molecule has 2 aromatic heterocycles. The first-order valence-electron chi connectivity index (χ1n) is 11.4. The number of carbonyl (C=O) groups is 1. The number of aryl methyl sites for hydroxylation is 1. The molecule has 3 heterocycles. The van der Waals surface area contributed by atoms with Crippen LogP contribution in [-0.2, 0) is 6.42 Å². The molecule has 33 heavy (non-hydrogen) atoms. The Morgan fingerprint density at radius 3 is 2.58 bits per heavy atom. The highest BCUT2D eigenvalue weighted by molar-refractivity contribution is 6.04. The Hall–Kier alpha value is -3.45. The van der Waals surface area contributed by atoms with Crippen molar-refractivity contribution in [2.75, 3.05) is 27.2 Å². The van der Waals surface area contributed by atoms with E-state index in [1.807, 2.05) is 42.3 Å².